The van der Waals surface area contributed by atoms with Crippen LogP contribution < -0.4 is 10.6 Å². The third-order valence-electron chi connectivity index (χ3n) is 3.82. The maximum Gasteiger partial charge on any atom is 0.233 e. The summed E-state index contributed by atoms with van der Waals surface area (Å²) >= 11 is 5.86. The number of carbonyl (C=O) groups is 2. The zero-order chi connectivity index (χ0) is 17.6. The lowest BCUT2D eigenvalue weighted by Gasteiger charge is -2.07. The highest BCUT2D eigenvalue weighted by Gasteiger charge is 2.10. The van der Waals surface area contributed by atoms with Gasteiger partial charge in [0.05, 0.1) is 0 Å². The van der Waals surface area contributed by atoms with Crippen molar-refractivity contribution in [2.24, 2.45) is 0 Å². The first-order chi connectivity index (χ1) is 12.1. The van der Waals surface area contributed by atoms with Gasteiger partial charge in [-0.05, 0) is 36.2 Å². The molecule has 0 fully saturated rings. The van der Waals surface area contributed by atoms with E-state index in [1.807, 2.05) is 30.5 Å². The van der Waals surface area contributed by atoms with Gasteiger partial charge in [-0.25, -0.2) is 0 Å². The molecule has 0 aliphatic rings. The number of aromatic nitrogens is 1. The molecule has 25 heavy (non-hydrogen) atoms. The number of benzene rings is 2. The van der Waals surface area contributed by atoms with Crippen LogP contribution in [0.3, 0.4) is 0 Å². The van der Waals surface area contributed by atoms with E-state index >= 15 is 0 Å². The van der Waals surface area contributed by atoms with Crippen LogP contribution in [-0.4, -0.2) is 23.3 Å². The monoisotopic (exact) mass is 355 g/mol. The number of carbonyl (C=O) groups excluding carboxylic acids is 2. The van der Waals surface area contributed by atoms with Gasteiger partial charge in [0.25, 0.3) is 0 Å². The summed E-state index contributed by atoms with van der Waals surface area (Å²) < 4.78 is 0. The van der Waals surface area contributed by atoms with Crippen molar-refractivity contribution in [2.45, 2.75) is 12.8 Å². The van der Waals surface area contributed by atoms with E-state index in [9.17, 15) is 9.59 Å². The van der Waals surface area contributed by atoms with E-state index in [-0.39, 0.29) is 18.2 Å². The molecule has 0 aliphatic carbocycles. The molecule has 0 radical (unpaired) electrons. The molecule has 0 spiro atoms. The van der Waals surface area contributed by atoms with E-state index < -0.39 is 0 Å². The summed E-state index contributed by atoms with van der Waals surface area (Å²) in [7, 11) is 0. The van der Waals surface area contributed by atoms with Gasteiger partial charge in [-0.2, -0.15) is 0 Å². The molecule has 1 heterocycles. The van der Waals surface area contributed by atoms with Gasteiger partial charge >= 0.3 is 0 Å². The molecule has 0 saturated carbocycles. The first-order valence-electron chi connectivity index (χ1n) is 7.99. The molecule has 1 aromatic heterocycles. The third kappa shape index (κ3) is 4.61. The molecular weight excluding hydrogens is 338 g/mol. The second kappa shape index (κ2) is 7.85. The quantitative estimate of drug-likeness (QED) is 0.592. The van der Waals surface area contributed by atoms with Gasteiger partial charge in [0.15, 0.2) is 0 Å². The van der Waals surface area contributed by atoms with Crippen LogP contribution in [0.15, 0.2) is 54.7 Å². The first-order valence-corrected chi connectivity index (χ1v) is 8.37. The van der Waals surface area contributed by atoms with Crippen molar-refractivity contribution in [3.8, 4) is 0 Å². The Morgan fingerprint density at radius 2 is 1.88 bits per heavy atom. The molecule has 3 N–H and O–H groups in total. The molecule has 2 aromatic carbocycles. The number of para-hydroxylation sites is 1. The van der Waals surface area contributed by atoms with E-state index in [1.54, 1.807) is 24.3 Å². The van der Waals surface area contributed by atoms with Crippen molar-refractivity contribution in [3.05, 3.63) is 65.3 Å². The number of halogens is 1. The summed E-state index contributed by atoms with van der Waals surface area (Å²) in [6, 6.07) is 14.8. The molecule has 0 atom stereocenters. The summed E-state index contributed by atoms with van der Waals surface area (Å²) in [6.07, 6.45) is 2.43. The number of aromatic amines is 1. The minimum Gasteiger partial charge on any atom is -0.361 e. The van der Waals surface area contributed by atoms with Crippen LogP contribution >= 0.6 is 11.6 Å². The summed E-state index contributed by atoms with van der Waals surface area (Å²) in [5.41, 5.74) is 2.79. The zero-order valence-electron chi connectivity index (χ0n) is 13.5. The predicted molar refractivity (Wildman–Crippen MR) is 99.7 cm³/mol. The van der Waals surface area contributed by atoms with Gasteiger partial charge in [0, 0.05) is 34.4 Å². The van der Waals surface area contributed by atoms with E-state index in [4.69, 9.17) is 11.6 Å². The lowest BCUT2D eigenvalue weighted by Crippen LogP contribution is -2.29. The summed E-state index contributed by atoms with van der Waals surface area (Å²) in [5.74, 6) is -0.675. The largest absolute Gasteiger partial charge is 0.361 e. The molecule has 0 saturated heterocycles. The summed E-state index contributed by atoms with van der Waals surface area (Å²) in [5, 5.41) is 7.10. The lowest BCUT2D eigenvalue weighted by molar-refractivity contribution is -0.126. The topological polar surface area (TPSA) is 74.0 Å². The van der Waals surface area contributed by atoms with Crippen molar-refractivity contribution in [2.75, 3.05) is 11.9 Å². The molecule has 2 amide bonds. The van der Waals surface area contributed by atoms with Crippen LogP contribution in [-0.2, 0) is 16.0 Å². The summed E-state index contributed by atoms with van der Waals surface area (Å²) in [4.78, 5) is 27.0. The van der Waals surface area contributed by atoms with Crippen molar-refractivity contribution < 1.29 is 9.59 Å². The Morgan fingerprint density at radius 3 is 2.72 bits per heavy atom. The van der Waals surface area contributed by atoms with Crippen molar-refractivity contribution >= 4 is 40.0 Å². The number of fused-ring (bicyclic) bond motifs is 1. The smallest absolute Gasteiger partial charge is 0.233 e. The molecular formula is C19H18ClN3O2. The number of H-pyrrole nitrogens is 1. The fraction of sp³-hybridized carbons (Fsp3) is 0.158. The van der Waals surface area contributed by atoms with Crippen LogP contribution in [0.25, 0.3) is 10.9 Å². The van der Waals surface area contributed by atoms with Gasteiger partial charge in [-0.1, -0.05) is 35.9 Å². The van der Waals surface area contributed by atoms with Crippen LogP contribution in [0.5, 0.6) is 0 Å². The fourth-order valence-corrected chi connectivity index (χ4v) is 2.85. The van der Waals surface area contributed by atoms with Gasteiger partial charge in [-0.15, -0.1) is 0 Å². The average molecular weight is 356 g/mol. The van der Waals surface area contributed by atoms with Gasteiger partial charge in [0.2, 0.25) is 11.8 Å². The standard InChI is InChI=1S/C19H18ClN3O2/c20-14-4-3-5-15(10-14)23-19(25)11-18(24)21-9-8-13-12-22-17-7-2-1-6-16(13)17/h1-7,10,12,22H,8-9,11H2,(H,21,24)(H,23,25). The van der Waals surface area contributed by atoms with Gasteiger partial charge in [-0.3, -0.25) is 9.59 Å². The molecule has 6 heteroatoms. The van der Waals surface area contributed by atoms with Crippen LogP contribution in [0.4, 0.5) is 5.69 Å². The fourth-order valence-electron chi connectivity index (χ4n) is 2.65. The molecule has 0 unspecified atom stereocenters. The normalized spacial score (nSPS) is 10.6. The van der Waals surface area contributed by atoms with E-state index in [2.05, 4.69) is 15.6 Å². The lowest BCUT2D eigenvalue weighted by atomic mass is 10.1. The summed E-state index contributed by atoms with van der Waals surface area (Å²) in [6.45, 7) is 0.477. The highest BCUT2D eigenvalue weighted by molar-refractivity contribution is 6.30. The van der Waals surface area contributed by atoms with Crippen molar-refractivity contribution in [3.63, 3.8) is 0 Å². The number of hydrogen-bond donors (Lipinski definition) is 3. The van der Waals surface area contributed by atoms with E-state index in [1.165, 1.54) is 0 Å². The second-order valence-electron chi connectivity index (χ2n) is 5.69. The zero-order valence-corrected chi connectivity index (χ0v) is 14.3. The van der Waals surface area contributed by atoms with Crippen molar-refractivity contribution in [1.82, 2.24) is 10.3 Å². The van der Waals surface area contributed by atoms with E-state index in [0.29, 0.717) is 23.7 Å². The second-order valence-corrected chi connectivity index (χ2v) is 6.13. The Balaban J connectivity index is 1.45. The molecule has 0 aliphatic heterocycles. The van der Waals surface area contributed by atoms with Gasteiger partial charge < -0.3 is 15.6 Å². The highest BCUT2D eigenvalue weighted by Crippen LogP contribution is 2.17. The Morgan fingerprint density at radius 1 is 1.04 bits per heavy atom. The number of anilines is 1. The first kappa shape index (κ1) is 17.0. The molecule has 128 valence electrons. The van der Waals surface area contributed by atoms with Crippen LogP contribution in [0.2, 0.25) is 5.02 Å². The van der Waals surface area contributed by atoms with E-state index in [0.717, 1.165) is 16.5 Å². The Kier molecular flexibility index (Phi) is 5.36. The number of hydrogen-bond acceptors (Lipinski definition) is 2. The third-order valence-corrected chi connectivity index (χ3v) is 4.06. The Hall–Kier alpha value is -2.79. The molecule has 3 rings (SSSR count). The average Bonchev–Trinajstić information content (AvgIpc) is 2.98. The predicted octanol–water partition coefficient (Wildman–Crippen LogP) is 3.51. The van der Waals surface area contributed by atoms with Crippen molar-refractivity contribution in [1.29, 1.82) is 0 Å². The SMILES string of the molecule is O=C(CC(=O)Nc1cccc(Cl)c1)NCCc1c[nH]c2ccccc12. The molecule has 0 bridgehead atoms. The maximum atomic E-state index is 11.9. The van der Waals surface area contributed by atoms with Gasteiger partial charge in [0.1, 0.15) is 6.42 Å². The molecule has 5 nitrogen and oxygen atoms in total. The Labute approximate surface area is 150 Å². The van der Waals surface area contributed by atoms with Crippen LogP contribution in [0, 0.1) is 0 Å². The Bertz CT molecular complexity index is 904. The minimum absolute atomic E-state index is 0.222. The number of amides is 2. The highest BCUT2D eigenvalue weighted by atomic mass is 35.5. The minimum atomic E-state index is -0.369. The van der Waals surface area contributed by atoms with Crippen LogP contribution in [0.1, 0.15) is 12.0 Å². The molecule has 3 aromatic rings. The number of nitrogens with one attached hydrogen (secondary N) is 3. The number of rotatable bonds is 6. The maximum absolute atomic E-state index is 11.9.